The Morgan fingerprint density at radius 1 is 0.560 bits per heavy atom. The lowest BCUT2D eigenvalue weighted by atomic mass is 10.1. The maximum Gasteiger partial charge on any atom is 0.305 e. The first-order chi connectivity index (χ1) is 11.8. The lowest BCUT2D eigenvalue weighted by molar-refractivity contribution is -0.143. The van der Waals surface area contributed by atoms with E-state index in [9.17, 15) is 4.79 Å². The first kappa shape index (κ1) is 26.7. The molecule has 25 heavy (non-hydrogen) atoms. The Morgan fingerprint density at radius 3 is 1.36 bits per heavy atom. The average molecular weight is 358 g/mol. The van der Waals surface area contributed by atoms with Crippen LogP contribution in [0.3, 0.4) is 0 Å². The van der Waals surface area contributed by atoms with Gasteiger partial charge in [-0.05, 0) is 12.8 Å². The van der Waals surface area contributed by atoms with E-state index in [1.807, 2.05) is 0 Å². The molecule has 0 saturated heterocycles. The molecular weight excluding hydrogens is 310 g/mol. The third-order valence-corrected chi connectivity index (χ3v) is 4.75. The number of carbonyl (C=O) groups excluding carboxylic acids is 1. The largest absolute Gasteiger partial charge is 0.466 e. The van der Waals surface area contributed by atoms with Gasteiger partial charge in [0.1, 0.15) is 0 Å². The Balaban J connectivity index is 0. The lowest BCUT2D eigenvalue weighted by Gasteiger charge is -2.05. The highest BCUT2D eigenvalue weighted by Crippen LogP contribution is 2.11. The fraction of sp³-hybridized carbons (Fsp3) is 0.955. The first-order valence-corrected chi connectivity index (χ1v) is 11.0. The van der Waals surface area contributed by atoms with Gasteiger partial charge in [-0.15, -0.1) is 0 Å². The van der Waals surface area contributed by atoms with Crippen molar-refractivity contribution in [3.63, 3.8) is 0 Å². The molecule has 0 aromatic carbocycles. The fourth-order valence-electron chi connectivity index (χ4n) is 3.07. The zero-order valence-electron chi connectivity index (χ0n) is 17.5. The van der Waals surface area contributed by atoms with Crippen LogP contribution in [-0.4, -0.2) is 12.6 Å². The highest BCUT2D eigenvalue weighted by molar-refractivity contribution is 5.69. The van der Waals surface area contributed by atoms with Crippen molar-refractivity contribution >= 4 is 5.97 Å². The number of carbonyl (C=O) groups is 1. The van der Waals surface area contributed by atoms with Crippen molar-refractivity contribution < 1.29 is 9.53 Å². The minimum Gasteiger partial charge on any atom is -0.466 e. The SMILES string of the molecule is CCCCCCCCCCCC(=O)OCCCCCCCCCC.N. The van der Waals surface area contributed by atoms with Gasteiger partial charge in [0.05, 0.1) is 6.61 Å². The summed E-state index contributed by atoms with van der Waals surface area (Å²) in [7, 11) is 0. The van der Waals surface area contributed by atoms with Gasteiger partial charge in [-0.3, -0.25) is 4.79 Å². The van der Waals surface area contributed by atoms with Crippen LogP contribution in [-0.2, 0) is 9.53 Å². The Bertz CT molecular complexity index is 232. The van der Waals surface area contributed by atoms with E-state index < -0.39 is 0 Å². The highest BCUT2D eigenvalue weighted by Gasteiger charge is 2.02. The molecule has 0 saturated carbocycles. The molecule has 0 unspecified atom stereocenters. The molecule has 0 heterocycles. The molecule has 3 nitrogen and oxygen atoms in total. The smallest absolute Gasteiger partial charge is 0.305 e. The van der Waals surface area contributed by atoms with E-state index in [0.717, 1.165) is 12.8 Å². The Hall–Kier alpha value is -0.570. The molecule has 0 aliphatic carbocycles. The van der Waals surface area contributed by atoms with E-state index in [2.05, 4.69) is 13.8 Å². The normalized spacial score (nSPS) is 10.5. The standard InChI is InChI=1S/C22H44O2.H3N/c1-3-5-7-9-11-13-14-16-18-20-22(23)24-21-19-17-15-12-10-8-6-4-2;/h3-21H2,1-2H3;1H3. The molecule has 0 aliphatic heterocycles. The highest BCUT2D eigenvalue weighted by atomic mass is 16.5. The maximum atomic E-state index is 11.6. The summed E-state index contributed by atoms with van der Waals surface area (Å²) in [6, 6.07) is 0. The third-order valence-electron chi connectivity index (χ3n) is 4.75. The van der Waals surface area contributed by atoms with E-state index in [0.29, 0.717) is 13.0 Å². The summed E-state index contributed by atoms with van der Waals surface area (Å²) in [5.74, 6) is 0.0147. The fourth-order valence-corrected chi connectivity index (χ4v) is 3.07. The molecule has 3 heteroatoms. The summed E-state index contributed by atoms with van der Waals surface area (Å²) in [4.78, 5) is 11.6. The molecule has 0 aromatic heterocycles. The van der Waals surface area contributed by atoms with Crippen LogP contribution in [0.2, 0.25) is 0 Å². The Morgan fingerprint density at radius 2 is 0.920 bits per heavy atom. The van der Waals surface area contributed by atoms with E-state index in [4.69, 9.17) is 4.74 Å². The van der Waals surface area contributed by atoms with Crippen LogP contribution >= 0.6 is 0 Å². The molecule has 0 aliphatic rings. The quantitative estimate of drug-likeness (QED) is 0.190. The average Bonchev–Trinajstić information content (AvgIpc) is 2.59. The minimum absolute atomic E-state index is 0. The Labute approximate surface area is 158 Å². The van der Waals surface area contributed by atoms with Crippen LogP contribution in [0.5, 0.6) is 0 Å². The van der Waals surface area contributed by atoms with Crippen molar-refractivity contribution in [2.24, 2.45) is 0 Å². The van der Waals surface area contributed by atoms with Gasteiger partial charge in [0.25, 0.3) is 0 Å². The predicted octanol–water partition coefficient (Wildman–Crippen LogP) is 7.75. The van der Waals surface area contributed by atoms with Crippen LogP contribution in [0.1, 0.15) is 129 Å². The van der Waals surface area contributed by atoms with E-state index >= 15 is 0 Å². The molecular formula is C22H47NO2. The lowest BCUT2D eigenvalue weighted by Crippen LogP contribution is -2.05. The van der Waals surface area contributed by atoms with Crippen LogP contribution in [0.15, 0.2) is 0 Å². The second-order valence-electron chi connectivity index (χ2n) is 7.27. The topological polar surface area (TPSA) is 61.3 Å². The van der Waals surface area contributed by atoms with Crippen LogP contribution in [0, 0.1) is 0 Å². The van der Waals surface area contributed by atoms with Crippen LogP contribution in [0.4, 0.5) is 0 Å². The van der Waals surface area contributed by atoms with Crippen LogP contribution in [0.25, 0.3) is 0 Å². The number of unbranched alkanes of at least 4 members (excludes halogenated alkanes) is 15. The molecule has 0 fully saturated rings. The van der Waals surface area contributed by atoms with Gasteiger partial charge in [-0.1, -0.05) is 110 Å². The van der Waals surface area contributed by atoms with Crippen molar-refractivity contribution in [2.45, 2.75) is 129 Å². The molecule has 0 amide bonds. The zero-order chi connectivity index (χ0) is 17.7. The van der Waals surface area contributed by atoms with Crippen molar-refractivity contribution in [1.29, 1.82) is 0 Å². The van der Waals surface area contributed by atoms with Gasteiger partial charge in [-0.2, -0.15) is 0 Å². The monoisotopic (exact) mass is 357 g/mol. The van der Waals surface area contributed by atoms with Crippen LogP contribution < -0.4 is 6.15 Å². The number of hydrogen-bond donors (Lipinski definition) is 1. The molecule has 0 rings (SSSR count). The van der Waals surface area contributed by atoms with Gasteiger partial charge in [-0.25, -0.2) is 0 Å². The summed E-state index contributed by atoms with van der Waals surface area (Å²) in [6.45, 7) is 5.14. The second kappa shape index (κ2) is 23.4. The summed E-state index contributed by atoms with van der Waals surface area (Å²) >= 11 is 0. The summed E-state index contributed by atoms with van der Waals surface area (Å²) < 4.78 is 5.32. The minimum atomic E-state index is 0. The van der Waals surface area contributed by atoms with E-state index in [1.54, 1.807) is 0 Å². The number of ether oxygens (including phenoxy) is 1. The number of hydrogen-bond acceptors (Lipinski definition) is 3. The molecule has 152 valence electrons. The summed E-state index contributed by atoms with van der Waals surface area (Å²) in [5.41, 5.74) is 0. The molecule has 0 bridgehead atoms. The van der Waals surface area contributed by atoms with Crippen molar-refractivity contribution in [1.82, 2.24) is 6.15 Å². The third kappa shape index (κ3) is 23.4. The zero-order valence-corrected chi connectivity index (χ0v) is 17.5. The molecule has 0 atom stereocenters. The summed E-state index contributed by atoms with van der Waals surface area (Å²) in [6.07, 6.45) is 22.6. The molecule has 3 N–H and O–H groups in total. The molecule has 0 radical (unpaired) electrons. The maximum absolute atomic E-state index is 11.6. The number of esters is 1. The van der Waals surface area contributed by atoms with Gasteiger partial charge < -0.3 is 10.9 Å². The Kier molecular flexibility index (Phi) is 25.0. The molecule has 0 aromatic rings. The summed E-state index contributed by atoms with van der Waals surface area (Å²) in [5, 5.41) is 0. The van der Waals surface area contributed by atoms with Crippen molar-refractivity contribution in [3.05, 3.63) is 0 Å². The van der Waals surface area contributed by atoms with E-state index in [1.165, 1.54) is 96.3 Å². The van der Waals surface area contributed by atoms with Gasteiger partial charge in [0.2, 0.25) is 0 Å². The predicted molar refractivity (Wildman–Crippen MR) is 110 cm³/mol. The number of rotatable bonds is 19. The molecule has 0 spiro atoms. The van der Waals surface area contributed by atoms with Gasteiger partial charge in [0, 0.05) is 6.42 Å². The van der Waals surface area contributed by atoms with Gasteiger partial charge in [0.15, 0.2) is 0 Å². The van der Waals surface area contributed by atoms with Crippen molar-refractivity contribution in [2.75, 3.05) is 6.61 Å². The van der Waals surface area contributed by atoms with E-state index in [-0.39, 0.29) is 12.1 Å². The second-order valence-corrected chi connectivity index (χ2v) is 7.27. The first-order valence-electron chi connectivity index (χ1n) is 11.0. The van der Waals surface area contributed by atoms with Gasteiger partial charge >= 0.3 is 5.97 Å². The van der Waals surface area contributed by atoms with Crippen molar-refractivity contribution in [3.8, 4) is 0 Å².